The van der Waals surface area contributed by atoms with Crippen molar-refractivity contribution in [1.82, 2.24) is 9.55 Å². The number of hydrogen-bond acceptors (Lipinski definition) is 2. The maximum absolute atomic E-state index is 5.44. The first-order chi connectivity index (χ1) is 10.2. The van der Waals surface area contributed by atoms with Gasteiger partial charge in [-0.1, -0.05) is 30.3 Å². The Morgan fingerprint density at radius 2 is 1.86 bits per heavy atom. The van der Waals surface area contributed by atoms with Gasteiger partial charge in [-0.3, -0.25) is 4.57 Å². The van der Waals surface area contributed by atoms with E-state index in [9.17, 15) is 0 Å². The quantitative estimate of drug-likeness (QED) is 0.720. The van der Waals surface area contributed by atoms with Crippen molar-refractivity contribution in [3.63, 3.8) is 0 Å². The minimum Gasteiger partial charge on any atom is -0.496 e. The largest absolute Gasteiger partial charge is 0.496 e. The second-order valence-electron chi connectivity index (χ2n) is 4.83. The standard InChI is InChI=1S/C17H16N2OS/c1-12-10-14(8-9-16(12)20-2)19-15(11-18-17(19)21)13-6-4-3-5-7-13/h3-11H,1-2H3,(H,18,21). The molecule has 3 nitrogen and oxygen atoms in total. The minimum atomic E-state index is 0.679. The van der Waals surface area contributed by atoms with Gasteiger partial charge in [0.05, 0.1) is 12.8 Å². The number of aryl methyl sites for hydroxylation is 1. The van der Waals surface area contributed by atoms with Crippen molar-refractivity contribution >= 4 is 12.2 Å². The normalized spacial score (nSPS) is 10.6. The fraction of sp³-hybridized carbons (Fsp3) is 0.118. The highest BCUT2D eigenvalue weighted by molar-refractivity contribution is 7.71. The molecule has 106 valence electrons. The summed E-state index contributed by atoms with van der Waals surface area (Å²) in [4.78, 5) is 3.13. The van der Waals surface area contributed by atoms with Gasteiger partial charge in [0.15, 0.2) is 4.77 Å². The van der Waals surface area contributed by atoms with Crippen LogP contribution in [0.1, 0.15) is 5.56 Å². The van der Waals surface area contributed by atoms with E-state index in [4.69, 9.17) is 17.0 Å². The molecule has 2 aromatic carbocycles. The SMILES string of the molecule is COc1ccc(-n2c(-c3ccccc3)c[nH]c2=S)cc1C. The monoisotopic (exact) mass is 296 g/mol. The predicted octanol–water partition coefficient (Wildman–Crippen LogP) is 4.52. The number of rotatable bonds is 3. The Labute approximate surface area is 128 Å². The second-order valence-corrected chi connectivity index (χ2v) is 5.22. The molecule has 0 aliphatic rings. The first kappa shape index (κ1) is 13.6. The molecule has 0 bridgehead atoms. The van der Waals surface area contributed by atoms with Crippen LogP contribution in [-0.2, 0) is 0 Å². The highest BCUT2D eigenvalue weighted by Crippen LogP contribution is 2.26. The third-order valence-corrected chi connectivity index (χ3v) is 3.78. The van der Waals surface area contributed by atoms with Gasteiger partial charge in [0.25, 0.3) is 0 Å². The topological polar surface area (TPSA) is 29.9 Å². The molecule has 0 saturated heterocycles. The summed E-state index contributed by atoms with van der Waals surface area (Å²) in [5.74, 6) is 0.877. The van der Waals surface area contributed by atoms with Crippen LogP contribution in [0.3, 0.4) is 0 Å². The molecule has 1 aromatic heterocycles. The summed E-state index contributed by atoms with van der Waals surface area (Å²) >= 11 is 5.44. The average molecular weight is 296 g/mol. The zero-order valence-electron chi connectivity index (χ0n) is 12.0. The first-order valence-electron chi connectivity index (χ1n) is 6.71. The van der Waals surface area contributed by atoms with Gasteiger partial charge in [-0.25, -0.2) is 0 Å². The van der Waals surface area contributed by atoms with Crippen molar-refractivity contribution < 1.29 is 4.74 Å². The number of methoxy groups -OCH3 is 1. The van der Waals surface area contributed by atoms with E-state index in [1.807, 2.05) is 48.0 Å². The van der Waals surface area contributed by atoms with Crippen LogP contribution < -0.4 is 4.74 Å². The number of H-pyrrole nitrogens is 1. The number of imidazole rings is 1. The van der Waals surface area contributed by atoms with Gasteiger partial charge in [0, 0.05) is 17.4 Å². The number of hydrogen-bond donors (Lipinski definition) is 1. The first-order valence-corrected chi connectivity index (χ1v) is 7.12. The second kappa shape index (κ2) is 5.58. The lowest BCUT2D eigenvalue weighted by molar-refractivity contribution is 0.411. The lowest BCUT2D eigenvalue weighted by Gasteiger charge is -2.11. The summed E-state index contributed by atoms with van der Waals surface area (Å²) in [6, 6.07) is 16.3. The average Bonchev–Trinajstić information content (AvgIpc) is 2.90. The van der Waals surface area contributed by atoms with Gasteiger partial charge in [0.1, 0.15) is 5.75 Å². The summed E-state index contributed by atoms with van der Waals surface area (Å²) in [5, 5.41) is 0. The molecule has 0 radical (unpaired) electrons. The smallest absolute Gasteiger partial charge is 0.182 e. The number of nitrogens with zero attached hydrogens (tertiary/aromatic N) is 1. The Hall–Kier alpha value is -2.33. The van der Waals surface area contributed by atoms with Crippen LogP contribution in [-0.4, -0.2) is 16.7 Å². The van der Waals surface area contributed by atoms with E-state index < -0.39 is 0 Å². The van der Waals surface area contributed by atoms with Crippen LogP contribution in [0, 0.1) is 11.7 Å². The molecular formula is C17H16N2OS. The third-order valence-electron chi connectivity index (χ3n) is 3.48. The predicted molar refractivity (Wildman–Crippen MR) is 87.7 cm³/mol. The molecule has 0 atom stereocenters. The summed E-state index contributed by atoms with van der Waals surface area (Å²) < 4.78 is 8.04. The highest BCUT2D eigenvalue weighted by atomic mass is 32.1. The summed E-state index contributed by atoms with van der Waals surface area (Å²) in [6.45, 7) is 2.03. The van der Waals surface area contributed by atoms with E-state index in [0.29, 0.717) is 4.77 Å². The minimum absolute atomic E-state index is 0.679. The molecule has 0 aliphatic heterocycles. The highest BCUT2D eigenvalue weighted by Gasteiger charge is 2.09. The molecular weight excluding hydrogens is 280 g/mol. The summed E-state index contributed by atoms with van der Waals surface area (Å²) in [7, 11) is 1.68. The molecule has 0 aliphatic carbocycles. The number of nitrogens with one attached hydrogen (secondary N) is 1. The van der Waals surface area contributed by atoms with E-state index in [2.05, 4.69) is 23.2 Å². The van der Waals surface area contributed by atoms with Crippen LogP contribution in [0.25, 0.3) is 16.9 Å². The van der Waals surface area contributed by atoms with E-state index in [1.165, 1.54) is 0 Å². The Morgan fingerprint density at radius 3 is 2.52 bits per heavy atom. The number of benzene rings is 2. The van der Waals surface area contributed by atoms with Crippen molar-refractivity contribution in [1.29, 1.82) is 0 Å². The van der Waals surface area contributed by atoms with Gasteiger partial charge in [0.2, 0.25) is 0 Å². The molecule has 0 fully saturated rings. The number of ether oxygens (including phenoxy) is 1. The summed E-state index contributed by atoms with van der Waals surface area (Å²) in [6.07, 6.45) is 1.94. The van der Waals surface area contributed by atoms with Crippen molar-refractivity contribution in [2.75, 3.05) is 7.11 Å². The van der Waals surface area contributed by atoms with Gasteiger partial charge in [-0.2, -0.15) is 0 Å². The van der Waals surface area contributed by atoms with Crippen molar-refractivity contribution in [3.05, 3.63) is 65.1 Å². The Bertz CT molecular complexity index is 818. The third kappa shape index (κ3) is 2.50. The van der Waals surface area contributed by atoms with Gasteiger partial charge < -0.3 is 9.72 Å². The Balaban J connectivity index is 2.17. The number of aromatic nitrogens is 2. The zero-order valence-corrected chi connectivity index (χ0v) is 12.8. The molecule has 0 spiro atoms. The maximum Gasteiger partial charge on any atom is 0.182 e. The molecule has 0 amide bonds. The lowest BCUT2D eigenvalue weighted by atomic mass is 10.1. The van der Waals surface area contributed by atoms with Crippen LogP contribution >= 0.6 is 12.2 Å². The molecule has 3 aromatic rings. The van der Waals surface area contributed by atoms with E-state index in [1.54, 1.807) is 7.11 Å². The fourth-order valence-electron chi connectivity index (χ4n) is 2.45. The number of aromatic amines is 1. The Kier molecular flexibility index (Phi) is 3.62. The molecule has 4 heteroatoms. The molecule has 3 rings (SSSR count). The van der Waals surface area contributed by atoms with Gasteiger partial charge in [-0.05, 0) is 42.9 Å². The van der Waals surface area contributed by atoms with Crippen molar-refractivity contribution in [2.45, 2.75) is 6.92 Å². The fourth-order valence-corrected chi connectivity index (χ4v) is 2.71. The summed E-state index contributed by atoms with van der Waals surface area (Å²) in [5.41, 5.74) is 4.28. The van der Waals surface area contributed by atoms with Crippen LogP contribution in [0.4, 0.5) is 0 Å². The molecule has 21 heavy (non-hydrogen) atoms. The van der Waals surface area contributed by atoms with E-state index in [-0.39, 0.29) is 0 Å². The van der Waals surface area contributed by atoms with Gasteiger partial charge >= 0.3 is 0 Å². The molecule has 1 heterocycles. The molecule has 0 saturated carbocycles. The molecule has 1 N–H and O–H groups in total. The van der Waals surface area contributed by atoms with Crippen molar-refractivity contribution in [2.24, 2.45) is 0 Å². The van der Waals surface area contributed by atoms with Crippen LogP contribution in [0.5, 0.6) is 5.75 Å². The lowest BCUT2D eigenvalue weighted by Crippen LogP contribution is -1.98. The maximum atomic E-state index is 5.44. The Morgan fingerprint density at radius 1 is 1.10 bits per heavy atom. The van der Waals surface area contributed by atoms with E-state index >= 15 is 0 Å². The van der Waals surface area contributed by atoms with Crippen LogP contribution in [0.15, 0.2) is 54.7 Å². The molecule has 0 unspecified atom stereocenters. The van der Waals surface area contributed by atoms with Gasteiger partial charge in [-0.15, -0.1) is 0 Å². The van der Waals surface area contributed by atoms with Crippen molar-refractivity contribution in [3.8, 4) is 22.7 Å². The zero-order chi connectivity index (χ0) is 14.8. The van der Waals surface area contributed by atoms with Crippen LogP contribution in [0.2, 0.25) is 0 Å². The van der Waals surface area contributed by atoms with E-state index in [0.717, 1.165) is 28.3 Å².